The van der Waals surface area contributed by atoms with E-state index in [0.717, 1.165) is 37.0 Å². The quantitative estimate of drug-likeness (QED) is 0.871. The molecule has 3 aliphatic rings. The second-order valence-corrected chi connectivity index (χ2v) is 8.95. The number of fused-ring (bicyclic) bond motifs is 1. The molecule has 6 nitrogen and oxygen atoms in total. The number of sulfonamides is 1. The van der Waals surface area contributed by atoms with Gasteiger partial charge in [0.1, 0.15) is 6.54 Å². The predicted octanol–water partition coefficient (Wildman–Crippen LogP) is 1.03. The summed E-state index contributed by atoms with van der Waals surface area (Å²) < 4.78 is 27.2. The second kappa shape index (κ2) is 5.19. The van der Waals surface area contributed by atoms with Gasteiger partial charge in [0.2, 0.25) is 5.91 Å². The highest BCUT2D eigenvalue weighted by Gasteiger charge is 2.41. The van der Waals surface area contributed by atoms with E-state index >= 15 is 0 Å². The number of benzene rings is 2. The SMILES string of the molecule is O=C(CN1c2cccc3cccc(c23)S1(=O)=O)N1C[C@H]2CNC[C@H]2C1. The highest BCUT2D eigenvalue weighted by molar-refractivity contribution is 7.93. The Morgan fingerprint density at radius 3 is 2.48 bits per heavy atom. The van der Waals surface area contributed by atoms with E-state index < -0.39 is 10.0 Å². The van der Waals surface area contributed by atoms with Crippen LogP contribution in [0.1, 0.15) is 0 Å². The summed E-state index contributed by atoms with van der Waals surface area (Å²) in [4.78, 5) is 14.9. The Morgan fingerprint density at radius 2 is 1.76 bits per heavy atom. The van der Waals surface area contributed by atoms with E-state index in [1.165, 1.54) is 4.31 Å². The number of rotatable bonds is 2. The summed E-state index contributed by atoms with van der Waals surface area (Å²) in [5.74, 6) is 0.891. The average molecular weight is 357 g/mol. The molecule has 130 valence electrons. The molecule has 1 amide bonds. The third-order valence-corrected chi connectivity index (χ3v) is 7.50. The van der Waals surface area contributed by atoms with Crippen molar-refractivity contribution < 1.29 is 13.2 Å². The van der Waals surface area contributed by atoms with Crippen LogP contribution in [0, 0.1) is 11.8 Å². The standard InChI is InChI=1S/C18H19N3O3S/c22-17(20-9-13-7-19-8-14(13)10-20)11-21-15-5-1-3-12-4-2-6-16(18(12)15)25(21,23)24/h1-6,13-14,19H,7-11H2/t13-,14+. The molecular formula is C18H19N3O3S. The Labute approximate surface area is 146 Å². The molecule has 2 aromatic rings. The van der Waals surface area contributed by atoms with Gasteiger partial charge in [0, 0.05) is 31.6 Å². The molecule has 2 atom stereocenters. The largest absolute Gasteiger partial charge is 0.340 e. The van der Waals surface area contributed by atoms with E-state index in [4.69, 9.17) is 0 Å². The summed E-state index contributed by atoms with van der Waals surface area (Å²) in [6.45, 7) is 3.22. The first-order chi connectivity index (χ1) is 12.1. The fraction of sp³-hybridized carbons (Fsp3) is 0.389. The van der Waals surface area contributed by atoms with Crippen LogP contribution in [0.4, 0.5) is 5.69 Å². The topological polar surface area (TPSA) is 69.7 Å². The number of hydrogen-bond donors (Lipinski definition) is 1. The van der Waals surface area contributed by atoms with Gasteiger partial charge in [-0.2, -0.15) is 0 Å². The Balaban J connectivity index is 1.47. The molecule has 1 N–H and O–H groups in total. The second-order valence-electron chi connectivity index (χ2n) is 7.12. The van der Waals surface area contributed by atoms with Crippen molar-refractivity contribution in [3.05, 3.63) is 36.4 Å². The van der Waals surface area contributed by atoms with Gasteiger partial charge in [-0.25, -0.2) is 8.42 Å². The lowest BCUT2D eigenvalue weighted by Gasteiger charge is -2.23. The van der Waals surface area contributed by atoms with Gasteiger partial charge in [-0.15, -0.1) is 0 Å². The van der Waals surface area contributed by atoms with E-state index in [2.05, 4.69) is 5.32 Å². The molecule has 0 saturated carbocycles. The molecule has 0 spiro atoms. The molecule has 0 radical (unpaired) electrons. The third kappa shape index (κ3) is 2.12. The number of carbonyl (C=O) groups excluding carboxylic acids is 1. The summed E-state index contributed by atoms with van der Waals surface area (Å²) in [5, 5.41) is 4.96. The van der Waals surface area contributed by atoms with E-state index in [1.54, 1.807) is 18.2 Å². The first kappa shape index (κ1) is 15.2. The molecule has 3 heterocycles. The fourth-order valence-corrected chi connectivity index (χ4v) is 6.07. The van der Waals surface area contributed by atoms with Crippen molar-refractivity contribution in [2.45, 2.75) is 4.90 Å². The van der Waals surface area contributed by atoms with Crippen molar-refractivity contribution in [3.63, 3.8) is 0 Å². The molecule has 0 aliphatic carbocycles. The Bertz CT molecular complexity index is 971. The Kier molecular flexibility index (Phi) is 3.15. The van der Waals surface area contributed by atoms with Gasteiger partial charge in [0.05, 0.1) is 10.6 Å². The van der Waals surface area contributed by atoms with E-state index in [9.17, 15) is 13.2 Å². The first-order valence-electron chi connectivity index (χ1n) is 8.59. The van der Waals surface area contributed by atoms with Gasteiger partial charge in [-0.3, -0.25) is 9.10 Å². The maximum absolute atomic E-state index is 13.0. The highest BCUT2D eigenvalue weighted by Crippen LogP contribution is 2.42. The zero-order chi connectivity index (χ0) is 17.2. The maximum Gasteiger partial charge on any atom is 0.265 e. The molecule has 0 bridgehead atoms. The maximum atomic E-state index is 13.0. The Hall–Kier alpha value is -2.12. The smallest absolute Gasteiger partial charge is 0.265 e. The van der Waals surface area contributed by atoms with Gasteiger partial charge < -0.3 is 10.2 Å². The molecule has 7 heteroatoms. The number of nitrogens with zero attached hydrogens (tertiary/aromatic N) is 2. The van der Waals surface area contributed by atoms with Crippen molar-refractivity contribution in [3.8, 4) is 0 Å². The summed E-state index contributed by atoms with van der Waals surface area (Å²) in [6, 6.07) is 10.8. The first-order valence-corrected chi connectivity index (χ1v) is 10.0. The van der Waals surface area contributed by atoms with Crippen molar-refractivity contribution >= 4 is 32.4 Å². The van der Waals surface area contributed by atoms with Crippen molar-refractivity contribution in [1.29, 1.82) is 0 Å². The van der Waals surface area contributed by atoms with Crippen molar-refractivity contribution in [2.75, 3.05) is 37.0 Å². The lowest BCUT2D eigenvalue weighted by atomic mass is 10.0. The highest BCUT2D eigenvalue weighted by atomic mass is 32.2. The lowest BCUT2D eigenvalue weighted by Crippen LogP contribution is -2.41. The van der Waals surface area contributed by atoms with E-state index in [0.29, 0.717) is 22.4 Å². The van der Waals surface area contributed by atoms with Crippen LogP contribution >= 0.6 is 0 Å². The minimum absolute atomic E-state index is 0.109. The van der Waals surface area contributed by atoms with Crippen LogP contribution in [-0.4, -0.2) is 51.9 Å². The molecule has 25 heavy (non-hydrogen) atoms. The van der Waals surface area contributed by atoms with Crippen LogP contribution in [0.3, 0.4) is 0 Å². The van der Waals surface area contributed by atoms with Gasteiger partial charge in [-0.1, -0.05) is 24.3 Å². The van der Waals surface area contributed by atoms with Crippen LogP contribution in [0.15, 0.2) is 41.3 Å². The van der Waals surface area contributed by atoms with E-state index in [-0.39, 0.29) is 12.5 Å². The summed E-state index contributed by atoms with van der Waals surface area (Å²) in [6.07, 6.45) is 0. The van der Waals surface area contributed by atoms with Gasteiger partial charge in [0.15, 0.2) is 0 Å². The zero-order valence-corrected chi connectivity index (χ0v) is 14.5. The van der Waals surface area contributed by atoms with Crippen LogP contribution < -0.4 is 9.62 Å². The van der Waals surface area contributed by atoms with Crippen LogP contribution in [0.2, 0.25) is 0 Å². The van der Waals surface area contributed by atoms with Gasteiger partial charge in [-0.05, 0) is 29.4 Å². The molecule has 0 unspecified atom stereocenters. The van der Waals surface area contributed by atoms with Crippen molar-refractivity contribution in [1.82, 2.24) is 10.2 Å². The molecule has 0 aromatic heterocycles. The van der Waals surface area contributed by atoms with Gasteiger partial charge >= 0.3 is 0 Å². The molecule has 3 aliphatic heterocycles. The van der Waals surface area contributed by atoms with Gasteiger partial charge in [0.25, 0.3) is 10.0 Å². The van der Waals surface area contributed by atoms with Crippen molar-refractivity contribution in [2.24, 2.45) is 11.8 Å². The molecule has 2 aromatic carbocycles. The molecular weight excluding hydrogens is 338 g/mol. The normalized spacial score (nSPS) is 26.4. The van der Waals surface area contributed by atoms with Crippen LogP contribution in [0.25, 0.3) is 10.8 Å². The molecule has 2 fully saturated rings. The monoisotopic (exact) mass is 357 g/mol. The summed E-state index contributed by atoms with van der Waals surface area (Å²) in [5.41, 5.74) is 0.613. The summed E-state index contributed by atoms with van der Waals surface area (Å²) in [7, 11) is -3.67. The molecule has 5 rings (SSSR count). The fourth-order valence-electron chi connectivity index (χ4n) is 4.41. The number of likely N-dealkylation sites (tertiary alicyclic amines) is 1. The van der Waals surface area contributed by atoms with E-state index in [1.807, 2.05) is 23.1 Å². The summed E-state index contributed by atoms with van der Waals surface area (Å²) >= 11 is 0. The number of anilines is 1. The van der Waals surface area contributed by atoms with Crippen LogP contribution in [0.5, 0.6) is 0 Å². The number of carbonyl (C=O) groups is 1. The predicted molar refractivity (Wildman–Crippen MR) is 94.9 cm³/mol. The number of nitrogens with one attached hydrogen (secondary N) is 1. The third-order valence-electron chi connectivity index (χ3n) is 5.70. The minimum Gasteiger partial charge on any atom is -0.340 e. The van der Waals surface area contributed by atoms with Crippen LogP contribution in [-0.2, 0) is 14.8 Å². The molecule has 2 saturated heterocycles. The zero-order valence-electron chi connectivity index (χ0n) is 13.7. The minimum atomic E-state index is -3.67. The average Bonchev–Trinajstić information content (AvgIpc) is 3.24. The Morgan fingerprint density at radius 1 is 1.08 bits per heavy atom. The number of amides is 1. The number of hydrogen-bond acceptors (Lipinski definition) is 4. The lowest BCUT2D eigenvalue weighted by molar-refractivity contribution is -0.128.